The van der Waals surface area contributed by atoms with E-state index in [1.54, 1.807) is 0 Å². The largest absolute Gasteiger partial charge is 0.345 e. The number of halogens is 1. The lowest BCUT2D eigenvalue weighted by atomic mass is 9.86. The Morgan fingerprint density at radius 1 is 0.938 bits per heavy atom. The normalized spacial score (nSPS) is 12.5. The number of nitrogens with zero attached hydrogens (tertiary/aromatic N) is 1. The summed E-state index contributed by atoms with van der Waals surface area (Å²) in [7, 11) is 0. The molecule has 3 aromatic carbocycles. The van der Waals surface area contributed by atoms with E-state index in [0.717, 1.165) is 32.2 Å². The molecular formula is C28H27BrN2O. The van der Waals surface area contributed by atoms with Crippen molar-refractivity contribution in [3.8, 4) is 11.3 Å². The van der Waals surface area contributed by atoms with E-state index >= 15 is 0 Å². The van der Waals surface area contributed by atoms with Gasteiger partial charge in [0.15, 0.2) is 0 Å². The highest BCUT2D eigenvalue weighted by Crippen LogP contribution is 2.30. The van der Waals surface area contributed by atoms with Gasteiger partial charge < -0.3 is 5.32 Å². The molecule has 0 saturated heterocycles. The van der Waals surface area contributed by atoms with E-state index in [1.165, 1.54) is 5.56 Å². The molecule has 4 rings (SSSR count). The second-order valence-electron chi connectivity index (χ2n) is 9.15. The lowest BCUT2D eigenvalue weighted by Crippen LogP contribution is -2.27. The fraction of sp³-hybridized carbons (Fsp3) is 0.214. The van der Waals surface area contributed by atoms with Crippen molar-refractivity contribution in [2.45, 2.75) is 39.2 Å². The van der Waals surface area contributed by atoms with E-state index in [2.05, 4.69) is 66.3 Å². The van der Waals surface area contributed by atoms with Gasteiger partial charge in [-0.2, -0.15) is 0 Å². The number of pyridine rings is 1. The number of hydrogen-bond acceptors (Lipinski definition) is 2. The Bertz CT molecular complexity index is 1260. The van der Waals surface area contributed by atoms with Crippen molar-refractivity contribution < 1.29 is 4.79 Å². The van der Waals surface area contributed by atoms with Crippen molar-refractivity contribution in [3.63, 3.8) is 0 Å². The third-order valence-corrected chi connectivity index (χ3v) is 6.20. The second-order valence-corrected chi connectivity index (χ2v) is 10.1. The highest BCUT2D eigenvalue weighted by molar-refractivity contribution is 9.10. The van der Waals surface area contributed by atoms with Crippen molar-refractivity contribution in [1.29, 1.82) is 0 Å². The van der Waals surface area contributed by atoms with Crippen molar-refractivity contribution in [1.82, 2.24) is 10.3 Å². The molecule has 1 N–H and O–H groups in total. The number of nitrogens with one attached hydrogen (secondary N) is 1. The summed E-state index contributed by atoms with van der Waals surface area (Å²) in [6.07, 6.45) is 0. The van der Waals surface area contributed by atoms with Gasteiger partial charge >= 0.3 is 0 Å². The van der Waals surface area contributed by atoms with Crippen LogP contribution in [0.3, 0.4) is 0 Å². The Kier molecular flexibility index (Phi) is 6.16. The predicted molar refractivity (Wildman–Crippen MR) is 136 cm³/mol. The maximum absolute atomic E-state index is 13.4. The van der Waals surface area contributed by atoms with Crippen molar-refractivity contribution in [3.05, 3.63) is 100 Å². The van der Waals surface area contributed by atoms with Gasteiger partial charge in [0.05, 0.1) is 22.8 Å². The first-order valence-corrected chi connectivity index (χ1v) is 11.6. The number of fused-ring (bicyclic) bond motifs is 1. The molecule has 0 fully saturated rings. The number of rotatable bonds is 4. The lowest BCUT2D eigenvalue weighted by molar-refractivity contribution is 0.0941. The Hall–Kier alpha value is -2.98. The van der Waals surface area contributed by atoms with Gasteiger partial charge in [0.2, 0.25) is 0 Å². The summed E-state index contributed by atoms with van der Waals surface area (Å²) in [4.78, 5) is 18.2. The van der Waals surface area contributed by atoms with Crippen LogP contribution < -0.4 is 5.32 Å². The maximum Gasteiger partial charge on any atom is 0.252 e. The van der Waals surface area contributed by atoms with Crippen LogP contribution in [0.2, 0.25) is 0 Å². The van der Waals surface area contributed by atoms with Crippen LogP contribution in [-0.4, -0.2) is 10.9 Å². The first kappa shape index (κ1) is 22.2. The highest BCUT2D eigenvalue weighted by atomic mass is 79.9. The van der Waals surface area contributed by atoms with E-state index in [9.17, 15) is 4.79 Å². The summed E-state index contributed by atoms with van der Waals surface area (Å²) in [6, 6.07) is 26.1. The monoisotopic (exact) mass is 486 g/mol. The smallest absolute Gasteiger partial charge is 0.252 e. The zero-order chi connectivity index (χ0) is 22.9. The molecule has 1 unspecified atom stereocenters. The molecule has 1 heterocycles. The van der Waals surface area contributed by atoms with Crippen LogP contribution in [0.5, 0.6) is 0 Å². The average Bonchev–Trinajstić information content (AvgIpc) is 2.78. The minimum absolute atomic E-state index is 0.0836. The Labute approximate surface area is 198 Å². The highest BCUT2D eigenvalue weighted by Gasteiger charge is 2.18. The summed E-state index contributed by atoms with van der Waals surface area (Å²) < 4.78 is 0.916. The summed E-state index contributed by atoms with van der Waals surface area (Å²) in [5.74, 6) is -0.112. The quantitative estimate of drug-likeness (QED) is 0.325. The van der Waals surface area contributed by atoms with Gasteiger partial charge in [-0.25, -0.2) is 4.98 Å². The van der Waals surface area contributed by atoms with Crippen molar-refractivity contribution in [2.75, 3.05) is 0 Å². The summed E-state index contributed by atoms with van der Waals surface area (Å²) in [6.45, 7) is 8.60. The van der Waals surface area contributed by atoms with E-state index in [1.807, 2.05) is 61.5 Å². The summed E-state index contributed by atoms with van der Waals surface area (Å²) in [5, 5.41) is 3.98. The molecule has 1 atom stereocenters. The molecule has 4 aromatic rings. The molecule has 0 aliphatic heterocycles. The van der Waals surface area contributed by atoms with Gasteiger partial charge in [-0.1, -0.05) is 91.3 Å². The fourth-order valence-electron chi connectivity index (χ4n) is 3.77. The van der Waals surface area contributed by atoms with E-state index in [0.29, 0.717) is 5.56 Å². The number of carbonyl (C=O) groups excluding carboxylic acids is 1. The summed E-state index contributed by atoms with van der Waals surface area (Å²) in [5.41, 5.74) is 5.61. The van der Waals surface area contributed by atoms with Crippen LogP contribution in [0, 0.1) is 0 Å². The average molecular weight is 487 g/mol. The first-order valence-electron chi connectivity index (χ1n) is 10.8. The zero-order valence-corrected chi connectivity index (χ0v) is 20.4. The van der Waals surface area contributed by atoms with Crippen LogP contribution in [0.15, 0.2) is 83.3 Å². The molecule has 1 aromatic heterocycles. The minimum Gasteiger partial charge on any atom is -0.345 e. The molecule has 4 heteroatoms. The van der Waals surface area contributed by atoms with Crippen LogP contribution >= 0.6 is 15.9 Å². The van der Waals surface area contributed by atoms with Crippen LogP contribution in [-0.2, 0) is 5.41 Å². The number of amides is 1. The first-order chi connectivity index (χ1) is 15.2. The standard InChI is InChI=1S/C28H27BrN2O/c1-18(19-8-6-5-7-9-19)30-27(32)24-17-26(31-25-15-14-22(29)16-23(24)25)20-10-12-21(13-11-20)28(2,3)4/h5-18H,1-4H3,(H,30,32). The topological polar surface area (TPSA) is 42.0 Å². The van der Waals surface area contributed by atoms with Gasteiger partial charge in [-0.05, 0) is 47.7 Å². The third-order valence-electron chi connectivity index (χ3n) is 5.71. The zero-order valence-electron chi connectivity index (χ0n) is 18.8. The van der Waals surface area contributed by atoms with Crippen LogP contribution in [0.1, 0.15) is 55.2 Å². The SMILES string of the molecule is CC(NC(=O)c1cc(-c2ccc(C(C)(C)C)cc2)nc2ccc(Br)cc12)c1ccccc1. The molecular weight excluding hydrogens is 460 g/mol. The fourth-order valence-corrected chi connectivity index (χ4v) is 4.14. The molecule has 0 spiro atoms. The minimum atomic E-state index is -0.112. The van der Waals surface area contributed by atoms with Crippen molar-refractivity contribution >= 4 is 32.7 Å². The molecule has 162 valence electrons. The van der Waals surface area contributed by atoms with Crippen molar-refractivity contribution in [2.24, 2.45) is 0 Å². The van der Waals surface area contributed by atoms with Gasteiger partial charge in [0.25, 0.3) is 5.91 Å². The number of aromatic nitrogens is 1. The molecule has 1 amide bonds. The number of carbonyl (C=O) groups is 1. The molecule has 0 radical (unpaired) electrons. The maximum atomic E-state index is 13.4. The summed E-state index contributed by atoms with van der Waals surface area (Å²) >= 11 is 3.53. The van der Waals surface area contributed by atoms with Gasteiger partial charge in [0.1, 0.15) is 0 Å². The Morgan fingerprint density at radius 2 is 1.62 bits per heavy atom. The van der Waals surface area contributed by atoms with Crippen LogP contribution in [0.4, 0.5) is 0 Å². The van der Waals surface area contributed by atoms with Gasteiger partial charge in [0, 0.05) is 15.4 Å². The Morgan fingerprint density at radius 3 is 2.28 bits per heavy atom. The van der Waals surface area contributed by atoms with Gasteiger partial charge in [-0.3, -0.25) is 4.79 Å². The Balaban J connectivity index is 1.75. The van der Waals surface area contributed by atoms with Crippen LogP contribution in [0.25, 0.3) is 22.2 Å². The number of benzene rings is 3. The van der Waals surface area contributed by atoms with Gasteiger partial charge in [-0.15, -0.1) is 0 Å². The molecule has 0 aliphatic rings. The second kappa shape index (κ2) is 8.87. The molecule has 0 aliphatic carbocycles. The van der Waals surface area contributed by atoms with E-state index in [4.69, 9.17) is 4.98 Å². The number of hydrogen-bond donors (Lipinski definition) is 1. The predicted octanol–water partition coefficient (Wildman–Crippen LogP) is 7.45. The molecule has 3 nitrogen and oxygen atoms in total. The third kappa shape index (κ3) is 4.76. The van der Waals surface area contributed by atoms with E-state index in [-0.39, 0.29) is 17.4 Å². The lowest BCUT2D eigenvalue weighted by Gasteiger charge is -2.19. The van der Waals surface area contributed by atoms with E-state index < -0.39 is 0 Å². The molecule has 0 bridgehead atoms. The molecule has 32 heavy (non-hydrogen) atoms. The molecule has 0 saturated carbocycles.